The lowest BCUT2D eigenvalue weighted by atomic mass is 10.0. The van der Waals surface area contributed by atoms with Gasteiger partial charge in [0.2, 0.25) is 0 Å². The molecule has 0 aliphatic rings. The lowest BCUT2D eigenvalue weighted by Crippen LogP contribution is -2.35. The van der Waals surface area contributed by atoms with E-state index in [-0.39, 0.29) is 24.9 Å². The molecule has 1 amide bonds. The summed E-state index contributed by atoms with van der Waals surface area (Å²) in [6.45, 7) is 4.68. The topological polar surface area (TPSA) is 55.4 Å². The molecule has 0 heterocycles. The van der Waals surface area contributed by atoms with Gasteiger partial charge in [-0.15, -0.1) is 0 Å². The van der Waals surface area contributed by atoms with E-state index < -0.39 is 35.0 Å². The minimum Gasteiger partial charge on any atom is -0.444 e. The molecule has 4 nitrogen and oxygen atoms in total. The molecule has 1 rings (SSSR count). The van der Waals surface area contributed by atoms with Crippen molar-refractivity contribution in [3.05, 3.63) is 35.1 Å². The number of ketones is 1. The number of ether oxygens (including phenoxy) is 1. The van der Waals surface area contributed by atoms with Crippen molar-refractivity contribution in [3.8, 4) is 0 Å². The first-order valence-electron chi connectivity index (χ1n) is 7.22. The number of alkyl halides is 3. The maximum atomic E-state index is 13.2. The molecule has 0 aliphatic heterocycles. The average molecular weight is 349 g/mol. The van der Waals surface area contributed by atoms with Gasteiger partial charge in [-0.2, -0.15) is 13.2 Å². The van der Waals surface area contributed by atoms with E-state index in [0.29, 0.717) is 6.07 Å². The summed E-state index contributed by atoms with van der Waals surface area (Å²) in [4.78, 5) is 23.0. The van der Waals surface area contributed by atoms with Crippen LogP contribution in [0.1, 0.15) is 38.3 Å². The summed E-state index contributed by atoms with van der Waals surface area (Å²) < 4.78 is 56.0. The molecule has 0 fully saturated rings. The highest BCUT2D eigenvalue weighted by atomic mass is 19.4. The van der Waals surface area contributed by atoms with Crippen LogP contribution in [0.2, 0.25) is 0 Å². The molecular weight excluding hydrogens is 330 g/mol. The van der Waals surface area contributed by atoms with Crippen molar-refractivity contribution in [2.24, 2.45) is 0 Å². The van der Waals surface area contributed by atoms with Crippen molar-refractivity contribution in [3.63, 3.8) is 0 Å². The molecule has 1 N–H and O–H groups in total. The summed E-state index contributed by atoms with van der Waals surface area (Å²) in [6.07, 6.45) is -5.60. The van der Waals surface area contributed by atoms with Gasteiger partial charge in [0.15, 0.2) is 5.78 Å². The Morgan fingerprint density at radius 2 is 1.75 bits per heavy atom. The molecule has 0 saturated heterocycles. The smallest absolute Gasteiger partial charge is 0.416 e. The standard InChI is InChI=1S/C16H19F4NO3/c1-15(2,3)24-14(23)21-9-13(22)5-4-10-6-11(16(18,19)20)8-12(17)7-10/h6-8H,4-5,9H2,1-3H3,(H,21,23). The van der Waals surface area contributed by atoms with Crippen LogP contribution in [0.15, 0.2) is 18.2 Å². The summed E-state index contributed by atoms with van der Waals surface area (Å²) in [5, 5.41) is 2.26. The van der Waals surface area contributed by atoms with E-state index in [4.69, 9.17) is 4.74 Å². The minimum atomic E-state index is -4.65. The van der Waals surface area contributed by atoms with Crippen molar-refractivity contribution >= 4 is 11.9 Å². The van der Waals surface area contributed by atoms with E-state index in [1.165, 1.54) is 0 Å². The molecule has 0 bridgehead atoms. The van der Waals surface area contributed by atoms with Crippen LogP contribution in [-0.2, 0) is 22.1 Å². The molecule has 1 aromatic rings. The number of halogens is 4. The van der Waals surface area contributed by atoms with E-state index in [9.17, 15) is 27.2 Å². The van der Waals surface area contributed by atoms with Crippen LogP contribution in [-0.4, -0.2) is 24.0 Å². The maximum Gasteiger partial charge on any atom is 0.416 e. The van der Waals surface area contributed by atoms with Gasteiger partial charge >= 0.3 is 12.3 Å². The Morgan fingerprint density at radius 1 is 1.12 bits per heavy atom. The van der Waals surface area contributed by atoms with E-state index in [0.717, 1.165) is 12.1 Å². The molecule has 0 radical (unpaired) electrons. The Balaban J connectivity index is 2.53. The summed E-state index contributed by atoms with van der Waals surface area (Å²) in [5.74, 6) is -1.42. The first-order chi connectivity index (χ1) is 10.9. The van der Waals surface area contributed by atoms with Crippen LogP contribution in [0.5, 0.6) is 0 Å². The van der Waals surface area contributed by atoms with Gasteiger partial charge in [0.25, 0.3) is 0 Å². The predicted octanol–water partition coefficient (Wildman–Crippen LogP) is 3.87. The van der Waals surface area contributed by atoms with Gasteiger partial charge in [0, 0.05) is 6.42 Å². The molecule has 0 unspecified atom stereocenters. The molecule has 1 aromatic carbocycles. The lowest BCUT2D eigenvalue weighted by molar-refractivity contribution is -0.137. The second-order valence-electron chi connectivity index (χ2n) is 6.24. The van der Waals surface area contributed by atoms with Crippen molar-refractivity contribution in [2.75, 3.05) is 6.54 Å². The number of hydrogen-bond acceptors (Lipinski definition) is 3. The van der Waals surface area contributed by atoms with Crippen LogP contribution in [0, 0.1) is 5.82 Å². The number of carbonyl (C=O) groups is 2. The van der Waals surface area contributed by atoms with Gasteiger partial charge in [0.1, 0.15) is 11.4 Å². The van der Waals surface area contributed by atoms with Gasteiger partial charge in [-0.05, 0) is 51.0 Å². The Labute approximate surface area is 137 Å². The van der Waals surface area contributed by atoms with Gasteiger partial charge < -0.3 is 10.1 Å². The highest BCUT2D eigenvalue weighted by Crippen LogP contribution is 2.30. The second-order valence-corrected chi connectivity index (χ2v) is 6.24. The maximum absolute atomic E-state index is 13.2. The largest absolute Gasteiger partial charge is 0.444 e. The average Bonchev–Trinajstić information content (AvgIpc) is 2.39. The number of benzene rings is 1. The first-order valence-corrected chi connectivity index (χ1v) is 7.22. The SMILES string of the molecule is CC(C)(C)OC(=O)NCC(=O)CCc1cc(F)cc(C(F)(F)F)c1. The lowest BCUT2D eigenvalue weighted by Gasteiger charge is -2.19. The van der Waals surface area contributed by atoms with Crippen LogP contribution in [0.3, 0.4) is 0 Å². The number of hydrogen-bond donors (Lipinski definition) is 1. The quantitative estimate of drug-likeness (QED) is 0.821. The summed E-state index contributed by atoms with van der Waals surface area (Å²) >= 11 is 0. The van der Waals surface area contributed by atoms with Crippen LogP contribution in [0.4, 0.5) is 22.4 Å². The van der Waals surface area contributed by atoms with Gasteiger partial charge in [-0.3, -0.25) is 4.79 Å². The summed E-state index contributed by atoms with van der Waals surface area (Å²) in [7, 11) is 0. The molecule has 0 atom stereocenters. The molecular formula is C16H19F4NO3. The van der Waals surface area contributed by atoms with E-state index in [2.05, 4.69) is 5.32 Å². The number of rotatable bonds is 5. The zero-order valence-corrected chi connectivity index (χ0v) is 13.6. The van der Waals surface area contributed by atoms with E-state index in [1.54, 1.807) is 20.8 Å². The molecule has 0 aromatic heterocycles. The highest BCUT2D eigenvalue weighted by molar-refractivity contribution is 5.84. The normalized spacial score (nSPS) is 12.0. The van der Waals surface area contributed by atoms with Crippen molar-refractivity contribution in [1.29, 1.82) is 0 Å². The molecule has 0 aliphatic carbocycles. The van der Waals surface area contributed by atoms with E-state index in [1.807, 2.05) is 0 Å². The Kier molecular flexibility index (Phi) is 6.34. The number of Topliss-reactive ketones (excluding diaryl/α,β-unsaturated/α-hetero) is 1. The molecule has 24 heavy (non-hydrogen) atoms. The fourth-order valence-corrected chi connectivity index (χ4v) is 1.82. The molecule has 8 heteroatoms. The summed E-state index contributed by atoms with van der Waals surface area (Å²) in [6, 6.07) is 2.15. The predicted molar refractivity (Wildman–Crippen MR) is 79.0 cm³/mol. The number of amides is 1. The minimum absolute atomic E-state index is 0.0598. The third kappa shape index (κ3) is 7.43. The fraction of sp³-hybridized carbons (Fsp3) is 0.500. The highest BCUT2D eigenvalue weighted by Gasteiger charge is 2.31. The Morgan fingerprint density at radius 3 is 2.29 bits per heavy atom. The Hall–Kier alpha value is -2.12. The van der Waals surface area contributed by atoms with E-state index >= 15 is 0 Å². The third-order valence-electron chi connectivity index (χ3n) is 2.81. The summed E-state index contributed by atoms with van der Waals surface area (Å²) in [5.41, 5.74) is -1.74. The van der Waals surface area contributed by atoms with Crippen molar-refractivity contribution in [1.82, 2.24) is 5.32 Å². The Bertz CT molecular complexity index is 606. The van der Waals surface area contributed by atoms with Crippen LogP contribution < -0.4 is 5.32 Å². The van der Waals surface area contributed by atoms with Crippen LogP contribution in [0.25, 0.3) is 0 Å². The number of alkyl carbamates (subject to hydrolysis) is 1. The zero-order valence-electron chi connectivity index (χ0n) is 13.6. The fourth-order valence-electron chi connectivity index (χ4n) is 1.82. The van der Waals surface area contributed by atoms with Gasteiger partial charge in [0.05, 0.1) is 12.1 Å². The number of aryl methyl sites for hydroxylation is 1. The monoisotopic (exact) mass is 349 g/mol. The van der Waals surface area contributed by atoms with Gasteiger partial charge in [-0.1, -0.05) is 0 Å². The second kappa shape index (κ2) is 7.63. The molecule has 0 spiro atoms. The van der Waals surface area contributed by atoms with Crippen molar-refractivity contribution in [2.45, 2.75) is 45.4 Å². The molecule has 0 saturated carbocycles. The third-order valence-corrected chi connectivity index (χ3v) is 2.81. The van der Waals surface area contributed by atoms with Crippen molar-refractivity contribution < 1.29 is 31.9 Å². The van der Waals surface area contributed by atoms with Crippen LogP contribution >= 0.6 is 0 Å². The number of carbonyl (C=O) groups excluding carboxylic acids is 2. The zero-order chi connectivity index (χ0) is 18.5. The number of nitrogens with one attached hydrogen (secondary N) is 1. The first kappa shape index (κ1) is 19.9. The molecule has 134 valence electrons. The van der Waals surface area contributed by atoms with Gasteiger partial charge in [-0.25, -0.2) is 9.18 Å².